The molecule has 0 aliphatic heterocycles. The minimum Gasteiger partial charge on any atom is -0.467 e. The third-order valence-electron chi connectivity index (χ3n) is 2.89. The highest BCUT2D eigenvalue weighted by molar-refractivity contribution is 5.74. The number of aliphatic hydroxyl groups excluding tert-OH is 1. The number of carbonyl (C=O) groups excluding carboxylic acids is 1. The molecule has 0 saturated heterocycles. The van der Waals surface area contributed by atoms with Crippen LogP contribution in [-0.2, 0) is 0 Å². The van der Waals surface area contributed by atoms with E-state index in [1.54, 1.807) is 12.1 Å². The number of nitrogens with one attached hydrogen (secondary N) is 2. The molecule has 1 rings (SSSR count). The van der Waals surface area contributed by atoms with E-state index in [9.17, 15) is 9.90 Å². The topological polar surface area (TPSA) is 74.5 Å². The Hall–Kier alpha value is -1.49. The van der Waals surface area contributed by atoms with Crippen molar-refractivity contribution in [3.63, 3.8) is 0 Å². The standard InChI is InChI=1S/C14H24N2O3/c1-3-4-5-8-15-14(18)16-11(2)10-12(17)13-7-6-9-19-13/h6-7,9,11-12,17H,3-5,8,10H2,1-2H3,(H2,15,16,18). The van der Waals surface area contributed by atoms with Crippen LogP contribution < -0.4 is 10.6 Å². The number of carbonyl (C=O) groups is 1. The highest BCUT2D eigenvalue weighted by Crippen LogP contribution is 2.18. The van der Waals surface area contributed by atoms with E-state index in [1.165, 1.54) is 6.26 Å². The van der Waals surface area contributed by atoms with E-state index in [2.05, 4.69) is 17.6 Å². The van der Waals surface area contributed by atoms with Gasteiger partial charge in [-0.25, -0.2) is 4.79 Å². The average molecular weight is 268 g/mol. The van der Waals surface area contributed by atoms with Gasteiger partial charge in [-0.2, -0.15) is 0 Å². The van der Waals surface area contributed by atoms with Crippen molar-refractivity contribution in [2.24, 2.45) is 0 Å². The second kappa shape index (κ2) is 8.58. The summed E-state index contributed by atoms with van der Waals surface area (Å²) in [5, 5.41) is 15.5. The fraction of sp³-hybridized carbons (Fsp3) is 0.643. The van der Waals surface area contributed by atoms with Crippen molar-refractivity contribution in [3.8, 4) is 0 Å². The highest BCUT2D eigenvalue weighted by atomic mass is 16.4. The third kappa shape index (κ3) is 6.29. The van der Waals surface area contributed by atoms with Crippen LogP contribution in [0.15, 0.2) is 22.8 Å². The summed E-state index contributed by atoms with van der Waals surface area (Å²) >= 11 is 0. The summed E-state index contributed by atoms with van der Waals surface area (Å²) in [4.78, 5) is 11.6. The summed E-state index contributed by atoms with van der Waals surface area (Å²) < 4.78 is 5.11. The molecule has 108 valence electrons. The van der Waals surface area contributed by atoms with E-state index >= 15 is 0 Å². The molecule has 1 heterocycles. The number of hydrogen-bond donors (Lipinski definition) is 3. The molecule has 2 unspecified atom stereocenters. The lowest BCUT2D eigenvalue weighted by molar-refractivity contribution is 0.129. The van der Waals surface area contributed by atoms with Gasteiger partial charge in [-0.1, -0.05) is 19.8 Å². The zero-order valence-corrected chi connectivity index (χ0v) is 11.7. The summed E-state index contributed by atoms with van der Waals surface area (Å²) in [7, 11) is 0. The number of furan rings is 1. The maximum Gasteiger partial charge on any atom is 0.314 e. The maximum atomic E-state index is 11.6. The van der Waals surface area contributed by atoms with Gasteiger partial charge >= 0.3 is 6.03 Å². The predicted molar refractivity (Wildman–Crippen MR) is 73.8 cm³/mol. The second-order valence-electron chi connectivity index (χ2n) is 4.78. The van der Waals surface area contributed by atoms with Crippen molar-refractivity contribution < 1.29 is 14.3 Å². The molecule has 5 nitrogen and oxygen atoms in total. The lowest BCUT2D eigenvalue weighted by Crippen LogP contribution is -2.41. The summed E-state index contributed by atoms with van der Waals surface area (Å²) in [5.74, 6) is 0.525. The van der Waals surface area contributed by atoms with Crippen LogP contribution >= 0.6 is 0 Å². The first kappa shape index (κ1) is 15.6. The molecule has 5 heteroatoms. The molecule has 0 aliphatic carbocycles. The van der Waals surface area contributed by atoms with Crippen LogP contribution in [0.2, 0.25) is 0 Å². The van der Waals surface area contributed by atoms with Crippen molar-refractivity contribution in [3.05, 3.63) is 24.2 Å². The van der Waals surface area contributed by atoms with E-state index in [0.29, 0.717) is 18.7 Å². The average Bonchev–Trinajstić information content (AvgIpc) is 2.88. The van der Waals surface area contributed by atoms with Gasteiger partial charge in [0.2, 0.25) is 0 Å². The summed E-state index contributed by atoms with van der Waals surface area (Å²) in [6.45, 7) is 4.67. The minimum absolute atomic E-state index is 0.119. The quantitative estimate of drug-likeness (QED) is 0.634. The molecule has 0 spiro atoms. The van der Waals surface area contributed by atoms with Crippen molar-refractivity contribution in [1.82, 2.24) is 10.6 Å². The summed E-state index contributed by atoms with van der Waals surface area (Å²) in [6.07, 6.45) is 4.51. The van der Waals surface area contributed by atoms with Gasteiger partial charge in [0.1, 0.15) is 11.9 Å². The van der Waals surface area contributed by atoms with E-state index in [1.807, 2.05) is 6.92 Å². The van der Waals surface area contributed by atoms with Crippen molar-refractivity contribution in [1.29, 1.82) is 0 Å². The lowest BCUT2D eigenvalue weighted by atomic mass is 10.1. The fourth-order valence-electron chi connectivity index (χ4n) is 1.84. The van der Waals surface area contributed by atoms with Gasteiger partial charge in [0.05, 0.1) is 6.26 Å². The number of amides is 2. The summed E-state index contributed by atoms with van der Waals surface area (Å²) in [5.41, 5.74) is 0. The first-order valence-electron chi connectivity index (χ1n) is 6.89. The van der Waals surface area contributed by atoms with Crippen LogP contribution in [0.3, 0.4) is 0 Å². The molecule has 0 saturated carbocycles. The zero-order valence-electron chi connectivity index (χ0n) is 11.7. The Morgan fingerprint density at radius 1 is 1.47 bits per heavy atom. The molecular weight excluding hydrogens is 244 g/mol. The first-order chi connectivity index (χ1) is 9.13. The smallest absolute Gasteiger partial charge is 0.314 e. The van der Waals surface area contributed by atoms with Crippen LogP contribution in [0.4, 0.5) is 4.79 Å². The van der Waals surface area contributed by atoms with Gasteiger partial charge < -0.3 is 20.2 Å². The minimum atomic E-state index is -0.689. The normalized spacial score (nSPS) is 13.8. The molecule has 0 bridgehead atoms. The fourth-order valence-corrected chi connectivity index (χ4v) is 1.84. The molecule has 2 amide bonds. The molecule has 3 N–H and O–H groups in total. The molecule has 1 aromatic heterocycles. The molecule has 0 fully saturated rings. The Balaban J connectivity index is 2.19. The molecule has 0 radical (unpaired) electrons. The van der Waals surface area contributed by atoms with Gasteiger partial charge in [0.15, 0.2) is 0 Å². The lowest BCUT2D eigenvalue weighted by Gasteiger charge is -2.17. The zero-order chi connectivity index (χ0) is 14.1. The van der Waals surface area contributed by atoms with Gasteiger partial charge in [0, 0.05) is 19.0 Å². The van der Waals surface area contributed by atoms with Gasteiger partial charge in [-0.15, -0.1) is 0 Å². The van der Waals surface area contributed by atoms with Crippen LogP contribution in [0.1, 0.15) is 51.4 Å². The molecular formula is C14H24N2O3. The number of unbranched alkanes of at least 4 members (excludes halogenated alkanes) is 2. The van der Waals surface area contributed by atoms with Gasteiger partial charge in [0.25, 0.3) is 0 Å². The Labute approximate surface area is 114 Å². The highest BCUT2D eigenvalue weighted by Gasteiger charge is 2.15. The van der Waals surface area contributed by atoms with E-state index in [-0.39, 0.29) is 12.1 Å². The van der Waals surface area contributed by atoms with Crippen LogP contribution in [0, 0.1) is 0 Å². The van der Waals surface area contributed by atoms with Gasteiger partial charge in [-0.3, -0.25) is 0 Å². The molecule has 0 aliphatic rings. The maximum absolute atomic E-state index is 11.6. The van der Waals surface area contributed by atoms with Crippen LogP contribution in [0.25, 0.3) is 0 Å². The van der Waals surface area contributed by atoms with Crippen LogP contribution in [0.5, 0.6) is 0 Å². The van der Waals surface area contributed by atoms with Gasteiger partial charge in [-0.05, 0) is 25.5 Å². The van der Waals surface area contributed by atoms with Crippen LogP contribution in [-0.4, -0.2) is 23.7 Å². The Morgan fingerprint density at radius 2 is 2.26 bits per heavy atom. The van der Waals surface area contributed by atoms with E-state index in [0.717, 1.165) is 19.3 Å². The van der Waals surface area contributed by atoms with Crippen molar-refractivity contribution in [2.75, 3.05) is 6.54 Å². The van der Waals surface area contributed by atoms with Crippen molar-refractivity contribution in [2.45, 2.75) is 51.7 Å². The number of hydrogen-bond acceptors (Lipinski definition) is 3. The first-order valence-corrected chi connectivity index (χ1v) is 6.89. The second-order valence-corrected chi connectivity index (χ2v) is 4.78. The molecule has 1 aromatic rings. The molecule has 2 atom stereocenters. The van der Waals surface area contributed by atoms with Crippen molar-refractivity contribution >= 4 is 6.03 Å². The Bertz CT molecular complexity index is 352. The van der Waals surface area contributed by atoms with E-state index in [4.69, 9.17) is 4.42 Å². The summed E-state index contributed by atoms with van der Waals surface area (Å²) in [6, 6.07) is 3.15. The number of aliphatic hydroxyl groups is 1. The Morgan fingerprint density at radius 3 is 2.89 bits per heavy atom. The molecule has 19 heavy (non-hydrogen) atoms. The Kier molecular flexibility index (Phi) is 7.03. The van der Waals surface area contributed by atoms with E-state index < -0.39 is 6.10 Å². The third-order valence-corrected chi connectivity index (χ3v) is 2.89. The number of rotatable bonds is 8. The monoisotopic (exact) mass is 268 g/mol. The number of urea groups is 1. The predicted octanol–water partition coefficient (Wildman–Crippen LogP) is 2.58. The largest absolute Gasteiger partial charge is 0.467 e. The molecule has 0 aromatic carbocycles. The SMILES string of the molecule is CCCCCNC(=O)NC(C)CC(O)c1ccco1.